The lowest BCUT2D eigenvalue weighted by atomic mass is 9.95. The molecule has 2 atom stereocenters. The van der Waals surface area contributed by atoms with Gasteiger partial charge in [0.25, 0.3) is 0 Å². The summed E-state index contributed by atoms with van der Waals surface area (Å²) in [4.78, 5) is 0. The van der Waals surface area contributed by atoms with Crippen LogP contribution in [-0.4, -0.2) is 17.8 Å². The highest BCUT2D eigenvalue weighted by Gasteiger charge is 2.11. The standard InChI is InChI=1S/C16H27NO/c1-11-9-12(2)16(13(3)10-11)15(5)17-8-6-7-14(4)18/h9-10,14-15,17-18H,6-8H2,1-5H3. The van der Waals surface area contributed by atoms with Gasteiger partial charge in [0.2, 0.25) is 0 Å². The molecular weight excluding hydrogens is 222 g/mol. The molecule has 0 bridgehead atoms. The number of benzene rings is 1. The van der Waals surface area contributed by atoms with Crippen LogP contribution >= 0.6 is 0 Å². The van der Waals surface area contributed by atoms with Gasteiger partial charge >= 0.3 is 0 Å². The largest absolute Gasteiger partial charge is 0.393 e. The molecule has 102 valence electrons. The summed E-state index contributed by atoms with van der Waals surface area (Å²) in [6.07, 6.45) is 1.70. The molecule has 18 heavy (non-hydrogen) atoms. The van der Waals surface area contributed by atoms with Gasteiger partial charge in [0, 0.05) is 6.04 Å². The van der Waals surface area contributed by atoms with Crippen molar-refractivity contribution in [3.8, 4) is 0 Å². The second kappa shape index (κ2) is 6.91. The molecule has 2 N–H and O–H groups in total. The molecule has 0 spiro atoms. The minimum absolute atomic E-state index is 0.190. The van der Waals surface area contributed by atoms with Crippen molar-refractivity contribution >= 4 is 0 Å². The van der Waals surface area contributed by atoms with Crippen molar-refractivity contribution in [2.75, 3.05) is 6.54 Å². The zero-order valence-corrected chi connectivity index (χ0v) is 12.4. The molecule has 0 aliphatic rings. The van der Waals surface area contributed by atoms with Crippen LogP contribution in [0.2, 0.25) is 0 Å². The molecule has 0 saturated carbocycles. The molecular formula is C16H27NO. The fourth-order valence-electron chi connectivity index (χ4n) is 2.69. The molecule has 1 aromatic carbocycles. The van der Waals surface area contributed by atoms with Crippen molar-refractivity contribution < 1.29 is 5.11 Å². The third kappa shape index (κ3) is 4.43. The van der Waals surface area contributed by atoms with Crippen molar-refractivity contribution in [2.45, 2.75) is 59.6 Å². The number of aliphatic hydroxyl groups excluding tert-OH is 1. The second-order valence-electron chi connectivity index (χ2n) is 5.48. The summed E-state index contributed by atoms with van der Waals surface area (Å²) >= 11 is 0. The molecule has 0 fully saturated rings. The van der Waals surface area contributed by atoms with Gasteiger partial charge in [-0.1, -0.05) is 17.7 Å². The van der Waals surface area contributed by atoms with E-state index in [1.807, 2.05) is 6.92 Å². The average molecular weight is 249 g/mol. The lowest BCUT2D eigenvalue weighted by Crippen LogP contribution is -2.22. The molecule has 0 aliphatic carbocycles. The van der Waals surface area contributed by atoms with E-state index < -0.39 is 0 Å². The zero-order valence-electron chi connectivity index (χ0n) is 12.4. The highest BCUT2D eigenvalue weighted by Crippen LogP contribution is 2.23. The van der Waals surface area contributed by atoms with Crippen LogP contribution in [0.5, 0.6) is 0 Å². The fraction of sp³-hybridized carbons (Fsp3) is 0.625. The van der Waals surface area contributed by atoms with Gasteiger partial charge in [0.15, 0.2) is 0 Å². The number of nitrogens with one attached hydrogen (secondary N) is 1. The SMILES string of the molecule is Cc1cc(C)c(C(C)NCCCC(C)O)c(C)c1. The Hall–Kier alpha value is -0.860. The first-order valence-corrected chi connectivity index (χ1v) is 6.91. The van der Waals surface area contributed by atoms with Crippen molar-refractivity contribution in [1.29, 1.82) is 0 Å². The molecule has 0 aliphatic heterocycles. The molecule has 0 radical (unpaired) electrons. The topological polar surface area (TPSA) is 32.3 Å². The Kier molecular flexibility index (Phi) is 5.83. The minimum Gasteiger partial charge on any atom is -0.393 e. The van der Waals surface area contributed by atoms with Crippen LogP contribution in [0.25, 0.3) is 0 Å². The predicted octanol–water partition coefficient (Wildman–Crippen LogP) is 3.42. The lowest BCUT2D eigenvalue weighted by molar-refractivity contribution is 0.181. The normalized spacial score (nSPS) is 14.6. The van der Waals surface area contributed by atoms with Crippen molar-refractivity contribution in [2.24, 2.45) is 0 Å². The second-order valence-corrected chi connectivity index (χ2v) is 5.48. The van der Waals surface area contributed by atoms with Gasteiger partial charge in [-0.25, -0.2) is 0 Å². The Morgan fingerprint density at radius 2 is 1.67 bits per heavy atom. The third-order valence-corrected chi connectivity index (χ3v) is 3.42. The zero-order chi connectivity index (χ0) is 13.7. The van der Waals surface area contributed by atoms with Crippen LogP contribution in [-0.2, 0) is 0 Å². The van der Waals surface area contributed by atoms with E-state index in [9.17, 15) is 5.11 Å². The van der Waals surface area contributed by atoms with E-state index in [1.54, 1.807) is 0 Å². The van der Waals surface area contributed by atoms with Gasteiger partial charge in [0.05, 0.1) is 6.10 Å². The van der Waals surface area contributed by atoms with Crippen molar-refractivity contribution in [3.05, 3.63) is 34.4 Å². The highest BCUT2D eigenvalue weighted by atomic mass is 16.3. The molecule has 2 heteroatoms. The quantitative estimate of drug-likeness (QED) is 0.757. The molecule has 2 nitrogen and oxygen atoms in total. The first-order chi connectivity index (χ1) is 8.41. The molecule has 0 heterocycles. The summed E-state index contributed by atoms with van der Waals surface area (Å²) in [5, 5.41) is 12.8. The first-order valence-electron chi connectivity index (χ1n) is 6.91. The maximum atomic E-state index is 9.23. The summed E-state index contributed by atoms with van der Waals surface area (Å²) in [6.45, 7) is 11.5. The molecule has 0 aromatic heterocycles. The van der Waals surface area contributed by atoms with Crippen LogP contribution < -0.4 is 5.32 Å². The number of aryl methyl sites for hydroxylation is 3. The summed E-state index contributed by atoms with van der Waals surface area (Å²) in [5.74, 6) is 0. The number of hydrogen-bond acceptors (Lipinski definition) is 2. The van der Waals surface area contributed by atoms with E-state index in [-0.39, 0.29) is 6.10 Å². The molecule has 0 amide bonds. The van der Waals surface area contributed by atoms with Gasteiger partial charge in [-0.15, -0.1) is 0 Å². The Morgan fingerprint density at radius 3 is 2.17 bits per heavy atom. The van der Waals surface area contributed by atoms with Crippen LogP contribution in [0.1, 0.15) is 55.0 Å². The van der Waals surface area contributed by atoms with E-state index in [1.165, 1.54) is 22.3 Å². The van der Waals surface area contributed by atoms with E-state index in [0.717, 1.165) is 19.4 Å². The van der Waals surface area contributed by atoms with Gasteiger partial charge in [-0.2, -0.15) is 0 Å². The summed E-state index contributed by atoms with van der Waals surface area (Å²) in [5.41, 5.74) is 5.47. The average Bonchev–Trinajstić information content (AvgIpc) is 2.22. The van der Waals surface area contributed by atoms with Crippen LogP contribution in [0.15, 0.2) is 12.1 Å². The summed E-state index contributed by atoms with van der Waals surface area (Å²) in [6, 6.07) is 4.87. The Labute approximate surface area is 111 Å². The Morgan fingerprint density at radius 1 is 1.11 bits per heavy atom. The van der Waals surface area contributed by atoms with Gasteiger partial charge in [-0.3, -0.25) is 0 Å². The van der Waals surface area contributed by atoms with Crippen molar-refractivity contribution in [1.82, 2.24) is 5.32 Å². The Balaban J connectivity index is 2.59. The maximum Gasteiger partial charge on any atom is 0.0512 e. The van der Waals surface area contributed by atoms with E-state index >= 15 is 0 Å². The monoisotopic (exact) mass is 249 g/mol. The minimum atomic E-state index is -0.190. The maximum absolute atomic E-state index is 9.23. The van der Waals surface area contributed by atoms with E-state index in [2.05, 4.69) is 45.1 Å². The van der Waals surface area contributed by atoms with E-state index in [0.29, 0.717) is 6.04 Å². The summed E-state index contributed by atoms with van der Waals surface area (Å²) < 4.78 is 0. The third-order valence-electron chi connectivity index (χ3n) is 3.42. The van der Waals surface area contributed by atoms with Gasteiger partial charge in [-0.05, 0) is 70.7 Å². The molecule has 1 rings (SSSR count). The number of hydrogen-bond donors (Lipinski definition) is 2. The molecule has 1 aromatic rings. The van der Waals surface area contributed by atoms with Gasteiger partial charge < -0.3 is 10.4 Å². The van der Waals surface area contributed by atoms with E-state index in [4.69, 9.17) is 0 Å². The lowest BCUT2D eigenvalue weighted by Gasteiger charge is -2.20. The Bertz CT molecular complexity index is 362. The van der Waals surface area contributed by atoms with Crippen LogP contribution in [0, 0.1) is 20.8 Å². The first kappa shape index (κ1) is 15.2. The molecule has 2 unspecified atom stereocenters. The molecule has 0 saturated heterocycles. The smallest absolute Gasteiger partial charge is 0.0512 e. The van der Waals surface area contributed by atoms with Crippen molar-refractivity contribution in [3.63, 3.8) is 0 Å². The highest BCUT2D eigenvalue weighted by molar-refractivity contribution is 5.39. The van der Waals surface area contributed by atoms with Crippen LogP contribution in [0.3, 0.4) is 0 Å². The number of aliphatic hydroxyl groups is 1. The number of rotatable bonds is 6. The summed E-state index contributed by atoms with van der Waals surface area (Å²) in [7, 11) is 0. The van der Waals surface area contributed by atoms with Gasteiger partial charge in [0.1, 0.15) is 0 Å². The predicted molar refractivity (Wildman–Crippen MR) is 78.0 cm³/mol. The van der Waals surface area contributed by atoms with Crippen LogP contribution in [0.4, 0.5) is 0 Å². The fourth-order valence-corrected chi connectivity index (χ4v) is 2.69.